The van der Waals surface area contributed by atoms with E-state index in [0.29, 0.717) is 11.8 Å². The van der Waals surface area contributed by atoms with Crippen LogP contribution in [0.3, 0.4) is 0 Å². The molecule has 1 unspecified atom stereocenters. The normalized spacial score (nSPS) is 27.9. The van der Waals surface area contributed by atoms with Crippen LogP contribution in [0.2, 0.25) is 0 Å². The smallest absolute Gasteiger partial charge is 0.303 e. The molecule has 27 heavy (non-hydrogen) atoms. The zero-order valence-corrected chi connectivity index (χ0v) is 15.9. The Kier molecular flexibility index (Phi) is 4.87. The van der Waals surface area contributed by atoms with Crippen molar-refractivity contribution < 1.29 is 14.3 Å². The number of nitrogens with zero attached hydrogens (tertiary/aromatic N) is 2. The lowest BCUT2D eigenvalue weighted by molar-refractivity contribution is -0.154. The molecule has 2 aromatic rings. The number of aromatic nitrogens is 1. The summed E-state index contributed by atoms with van der Waals surface area (Å²) in [5.74, 6) is 1.66. The van der Waals surface area contributed by atoms with Crippen molar-refractivity contribution in [3.63, 3.8) is 0 Å². The van der Waals surface area contributed by atoms with Crippen molar-refractivity contribution in [1.82, 2.24) is 9.88 Å². The number of esters is 1. The highest BCUT2D eigenvalue weighted by atomic mass is 16.5. The second kappa shape index (κ2) is 7.31. The quantitative estimate of drug-likeness (QED) is 0.596. The summed E-state index contributed by atoms with van der Waals surface area (Å²) in [4.78, 5) is 18.9. The molecule has 5 rings (SSSR count). The number of ether oxygens (including phenoxy) is 2. The number of benzene rings is 1. The van der Waals surface area contributed by atoms with Crippen LogP contribution in [0.1, 0.15) is 31.4 Å². The van der Waals surface area contributed by atoms with E-state index in [0.717, 1.165) is 41.7 Å². The molecule has 0 radical (unpaired) electrons. The van der Waals surface area contributed by atoms with E-state index in [2.05, 4.69) is 22.5 Å². The second-order valence-electron chi connectivity index (χ2n) is 7.56. The van der Waals surface area contributed by atoms with Crippen molar-refractivity contribution in [2.24, 2.45) is 11.8 Å². The van der Waals surface area contributed by atoms with Gasteiger partial charge in [-0.25, -0.2) is 0 Å². The Balaban J connectivity index is 1.76. The van der Waals surface area contributed by atoms with Gasteiger partial charge < -0.3 is 9.47 Å². The predicted octanol–water partition coefficient (Wildman–Crippen LogP) is 3.74. The second-order valence-corrected chi connectivity index (χ2v) is 7.56. The molecule has 3 saturated heterocycles. The van der Waals surface area contributed by atoms with Crippen LogP contribution in [0.5, 0.6) is 5.75 Å². The Morgan fingerprint density at radius 1 is 1.41 bits per heavy atom. The molecule has 2 bridgehead atoms. The van der Waals surface area contributed by atoms with Crippen LogP contribution >= 0.6 is 0 Å². The molecule has 1 aromatic heterocycles. The van der Waals surface area contributed by atoms with E-state index in [1.165, 1.54) is 13.3 Å². The molecule has 0 saturated carbocycles. The maximum atomic E-state index is 12.0. The molecule has 3 aliphatic rings. The van der Waals surface area contributed by atoms with Gasteiger partial charge in [0.05, 0.1) is 18.7 Å². The molecule has 3 fully saturated rings. The zero-order valence-electron chi connectivity index (χ0n) is 15.9. The zero-order chi connectivity index (χ0) is 19.0. The van der Waals surface area contributed by atoms with Crippen molar-refractivity contribution in [1.29, 1.82) is 0 Å². The van der Waals surface area contributed by atoms with Crippen LogP contribution in [0.4, 0.5) is 0 Å². The van der Waals surface area contributed by atoms with Gasteiger partial charge >= 0.3 is 5.97 Å². The van der Waals surface area contributed by atoms with Crippen molar-refractivity contribution in [3.8, 4) is 5.75 Å². The highest BCUT2D eigenvalue weighted by Gasteiger charge is 2.44. The van der Waals surface area contributed by atoms with Crippen LogP contribution in [-0.4, -0.2) is 42.1 Å². The average molecular weight is 366 g/mol. The fraction of sp³-hybridized carbons (Fsp3) is 0.455. The first-order valence-electron chi connectivity index (χ1n) is 9.57. The Hall–Kier alpha value is -2.40. The lowest BCUT2D eigenvalue weighted by Gasteiger charge is -2.51. The molecule has 4 heterocycles. The molecule has 1 aromatic carbocycles. The first-order valence-corrected chi connectivity index (χ1v) is 9.57. The van der Waals surface area contributed by atoms with Gasteiger partial charge in [0.25, 0.3) is 0 Å². The molecule has 0 amide bonds. The number of carbonyl (C=O) groups is 1. The summed E-state index contributed by atoms with van der Waals surface area (Å²) in [6.07, 6.45) is 5.77. The SMILES string of the molecule is C=C[C@@H]1CN2CC[C@H]1C[C@H]2[C@H](OC(C)=O)c1ccnc2ccc(OC)cc12. The maximum Gasteiger partial charge on any atom is 0.303 e. The third-order valence-corrected chi connectivity index (χ3v) is 6.09. The average Bonchev–Trinajstić information content (AvgIpc) is 2.71. The van der Waals surface area contributed by atoms with Crippen molar-refractivity contribution in [2.45, 2.75) is 31.9 Å². The van der Waals surface area contributed by atoms with Crippen molar-refractivity contribution in [2.75, 3.05) is 20.2 Å². The van der Waals surface area contributed by atoms with Gasteiger partial charge in [0.15, 0.2) is 0 Å². The molecule has 0 aliphatic carbocycles. The summed E-state index contributed by atoms with van der Waals surface area (Å²) in [5.41, 5.74) is 1.88. The Labute approximate surface area is 160 Å². The van der Waals surface area contributed by atoms with Gasteiger partial charge in [-0.15, -0.1) is 6.58 Å². The van der Waals surface area contributed by atoms with Crippen LogP contribution < -0.4 is 4.74 Å². The number of hydrogen-bond donors (Lipinski definition) is 0. The first kappa shape index (κ1) is 18.0. The summed E-state index contributed by atoms with van der Waals surface area (Å²) in [7, 11) is 1.65. The van der Waals surface area contributed by atoms with E-state index in [9.17, 15) is 4.79 Å². The summed E-state index contributed by atoms with van der Waals surface area (Å²) in [6.45, 7) is 7.53. The lowest BCUT2D eigenvalue weighted by atomic mass is 9.73. The van der Waals surface area contributed by atoms with E-state index in [1.807, 2.05) is 24.3 Å². The molecule has 0 N–H and O–H groups in total. The summed E-state index contributed by atoms with van der Waals surface area (Å²) >= 11 is 0. The Bertz CT molecular complexity index is 866. The monoisotopic (exact) mass is 366 g/mol. The third-order valence-electron chi connectivity index (χ3n) is 6.09. The number of carbonyl (C=O) groups excluding carboxylic acids is 1. The van der Waals surface area contributed by atoms with Gasteiger partial charge in [-0.05, 0) is 55.5 Å². The van der Waals surface area contributed by atoms with Gasteiger partial charge in [0.1, 0.15) is 11.9 Å². The maximum absolute atomic E-state index is 12.0. The molecule has 5 nitrogen and oxygen atoms in total. The van der Waals surface area contributed by atoms with Crippen LogP contribution in [0.15, 0.2) is 43.1 Å². The molecule has 0 spiro atoms. The highest BCUT2D eigenvalue weighted by molar-refractivity contribution is 5.84. The lowest BCUT2D eigenvalue weighted by Crippen LogP contribution is -2.55. The topological polar surface area (TPSA) is 51.7 Å². The number of fused-ring (bicyclic) bond motifs is 4. The minimum atomic E-state index is -0.311. The van der Waals surface area contributed by atoms with Gasteiger partial charge in [0, 0.05) is 30.6 Å². The predicted molar refractivity (Wildman–Crippen MR) is 105 cm³/mol. The van der Waals surface area contributed by atoms with Gasteiger partial charge in [-0.1, -0.05) is 6.08 Å². The Morgan fingerprint density at radius 3 is 2.93 bits per heavy atom. The van der Waals surface area contributed by atoms with Crippen molar-refractivity contribution >= 4 is 16.9 Å². The Morgan fingerprint density at radius 2 is 2.26 bits per heavy atom. The largest absolute Gasteiger partial charge is 0.497 e. The fourth-order valence-electron chi connectivity index (χ4n) is 4.74. The van der Waals surface area contributed by atoms with E-state index >= 15 is 0 Å². The molecule has 5 heteroatoms. The molecule has 3 aliphatic heterocycles. The van der Waals surface area contributed by atoms with Gasteiger partial charge in [0.2, 0.25) is 0 Å². The third kappa shape index (κ3) is 3.32. The minimum Gasteiger partial charge on any atom is -0.497 e. The van der Waals surface area contributed by atoms with E-state index in [-0.39, 0.29) is 18.1 Å². The first-order chi connectivity index (χ1) is 13.1. The highest BCUT2D eigenvalue weighted by Crippen LogP contribution is 2.43. The van der Waals surface area contributed by atoms with Crippen LogP contribution in [0.25, 0.3) is 10.9 Å². The number of piperidine rings is 3. The number of methoxy groups -OCH3 is 1. The summed E-state index contributed by atoms with van der Waals surface area (Å²) in [5, 5.41) is 0.978. The van der Waals surface area contributed by atoms with E-state index in [4.69, 9.17) is 9.47 Å². The van der Waals surface area contributed by atoms with Crippen LogP contribution in [0, 0.1) is 11.8 Å². The molecule has 142 valence electrons. The van der Waals surface area contributed by atoms with E-state index in [1.54, 1.807) is 13.3 Å². The molecule has 5 atom stereocenters. The minimum absolute atomic E-state index is 0.181. The standard InChI is InChI=1S/C22H26N2O3/c1-4-15-13-24-10-8-16(15)11-21(24)22(27-14(2)25)18-7-9-23-20-6-5-17(26-3)12-19(18)20/h4-7,9,12,15-16,21-22H,1,8,10-11,13H2,2-3H3/t15-,16+,21+,22-/m1/s1. The summed E-state index contributed by atoms with van der Waals surface area (Å²) < 4.78 is 11.3. The molecular weight excluding hydrogens is 340 g/mol. The fourth-order valence-corrected chi connectivity index (χ4v) is 4.74. The van der Waals surface area contributed by atoms with Gasteiger partial charge in [-0.2, -0.15) is 0 Å². The van der Waals surface area contributed by atoms with Gasteiger partial charge in [-0.3, -0.25) is 14.7 Å². The van der Waals surface area contributed by atoms with Crippen LogP contribution in [-0.2, 0) is 9.53 Å². The van der Waals surface area contributed by atoms with Crippen molar-refractivity contribution in [3.05, 3.63) is 48.7 Å². The summed E-state index contributed by atoms with van der Waals surface area (Å²) in [6, 6.07) is 7.99. The van der Waals surface area contributed by atoms with E-state index < -0.39 is 0 Å². The number of rotatable bonds is 5. The number of pyridine rings is 1. The molecular formula is C22H26N2O3. The number of hydrogen-bond acceptors (Lipinski definition) is 5.